The summed E-state index contributed by atoms with van der Waals surface area (Å²) in [5.41, 5.74) is 8.80. The van der Waals surface area contributed by atoms with Crippen LogP contribution in [0.3, 0.4) is 0 Å². The topological polar surface area (TPSA) is 41.8 Å². The molecule has 1 aliphatic carbocycles. The minimum atomic E-state index is 0.522. The normalized spacial score (nSPS) is 19.4. The van der Waals surface area contributed by atoms with Gasteiger partial charge in [0, 0.05) is 23.0 Å². The molecule has 1 saturated carbocycles. The van der Waals surface area contributed by atoms with Crippen LogP contribution in [-0.4, -0.2) is 11.5 Å². The zero-order chi connectivity index (χ0) is 13.1. The van der Waals surface area contributed by atoms with E-state index in [0.717, 1.165) is 12.5 Å². The average molecular weight is 256 g/mol. The Morgan fingerprint density at radius 1 is 1.11 bits per heavy atom. The quantitative estimate of drug-likeness (QED) is 0.795. The number of nitrogens with one attached hydrogen (secondary N) is 1. The lowest BCUT2D eigenvalue weighted by Gasteiger charge is -2.24. The van der Waals surface area contributed by atoms with E-state index in [1.807, 2.05) is 0 Å². The first kappa shape index (κ1) is 12.7. The van der Waals surface area contributed by atoms with E-state index in [4.69, 9.17) is 5.73 Å². The van der Waals surface area contributed by atoms with E-state index in [0.29, 0.717) is 5.92 Å². The number of benzene rings is 1. The van der Waals surface area contributed by atoms with Crippen LogP contribution in [0.15, 0.2) is 30.5 Å². The van der Waals surface area contributed by atoms with Crippen LogP contribution < -0.4 is 5.73 Å². The van der Waals surface area contributed by atoms with Crippen LogP contribution in [0.5, 0.6) is 0 Å². The van der Waals surface area contributed by atoms with E-state index in [1.165, 1.54) is 55.0 Å². The first-order chi connectivity index (χ1) is 9.40. The largest absolute Gasteiger partial charge is 0.361 e. The van der Waals surface area contributed by atoms with Gasteiger partial charge in [0.2, 0.25) is 0 Å². The lowest BCUT2D eigenvalue weighted by molar-refractivity contribution is 0.382. The fourth-order valence-corrected chi connectivity index (χ4v) is 3.69. The van der Waals surface area contributed by atoms with E-state index in [2.05, 4.69) is 35.4 Å². The van der Waals surface area contributed by atoms with Crippen LogP contribution in [0.2, 0.25) is 0 Å². The van der Waals surface area contributed by atoms with Crippen molar-refractivity contribution in [3.05, 3.63) is 36.0 Å². The van der Waals surface area contributed by atoms with Gasteiger partial charge in [-0.3, -0.25) is 0 Å². The van der Waals surface area contributed by atoms with Crippen molar-refractivity contribution in [1.29, 1.82) is 0 Å². The van der Waals surface area contributed by atoms with Gasteiger partial charge in [0.1, 0.15) is 0 Å². The molecule has 1 fully saturated rings. The Balaban J connectivity index is 1.92. The number of rotatable bonds is 3. The standard InChI is InChI=1S/C17H24N2/c18-11-15(13-7-3-1-2-4-8-13)16-12-19-17-10-6-5-9-14(16)17/h5-6,9-10,12-13,15,19H,1-4,7-8,11,18H2. The number of nitrogens with two attached hydrogens (primary N) is 1. The maximum absolute atomic E-state index is 6.12. The summed E-state index contributed by atoms with van der Waals surface area (Å²) in [6.45, 7) is 0.770. The number of aromatic amines is 1. The van der Waals surface area contributed by atoms with Gasteiger partial charge in [0.25, 0.3) is 0 Å². The third kappa shape index (κ3) is 2.55. The number of H-pyrrole nitrogens is 1. The predicted molar refractivity (Wildman–Crippen MR) is 81.3 cm³/mol. The maximum atomic E-state index is 6.12. The highest BCUT2D eigenvalue weighted by Crippen LogP contribution is 2.37. The maximum Gasteiger partial charge on any atom is 0.0456 e. The molecule has 1 aromatic heterocycles. The van der Waals surface area contributed by atoms with Gasteiger partial charge >= 0.3 is 0 Å². The molecule has 0 aliphatic heterocycles. The summed E-state index contributed by atoms with van der Waals surface area (Å²) in [5, 5.41) is 1.36. The Labute approximate surface area is 115 Å². The van der Waals surface area contributed by atoms with Crippen LogP contribution in [0.25, 0.3) is 10.9 Å². The first-order valence-electron chi connectivity index (χ1n) is 7.66. The van der Waals surface area contributed by atoms with E-state index < -0.39 is 0 Å². The van der Waals surface area contributed by atoms with Gasteiger partial charge in [-0.1, -0.05) is 43.9 Å². The van der Waals surface area contributed by atoms with E-state index in [1.54, 1.807) is 0 Å². The molecular weight excluding hydrogens is 232 g/mol. The third-order valence-corrected chi connectivity index (χ3v) is 4.74. The van der Waals surface area contributed by atoms with Crippen molar-refractivity contribution in [3.8, 4) is 0 Å². The second-order valence-corrected chi connectivity index (χ2v) is 5.88. The molecule has 2 nitrogen and oxygen atoms in total. The molecule has 1 aliphatic rings. The summed E-state index contributed by atoms with van der Waals surface area (Å²) < 4.78 is 0. The highest BCUT2D eigenvalue weighted by molar-refractivity contribution is 5.83. The molecule has 1 unspecified atom stereocenters. The van der Waals surface area contributed by atoms with E-state index in [9.17, 15) is 0 Å². The minimum absolute atomic E-state index is 0.522. The van der Waals surface area contributed by atoms with Gasteiger partial charge in [-0.25, -0.2) is 0 Å². The van der Waals surface area contributed by atoms with Gasteiger partial charge in [-0.2, -0.15) is 0 Å². The number of para-hydroxylation sites is 1. The molecule has 2 aromatic rings. The van der Waals surface area contributed by atoms with Crippen LogP contribution in [0, 0.1) is 5.92 Å². The Morgan fingerprint density at radius 3 is 2.58 bits per heavy atom. The first-order valence-corrected chi connectivity index (χ1v) is 7.66. The Hall–Kier alpha value is -1.28. The van der Waals surface area contributed by atoms with Gasteiger partial charge < -0.3 is 10.7 Å². The molecular formula is C17H24N2. The summed E-state index contributed by atoms with van der Waals surface area (Å²) in [5.74, 6) is 1.29. The fourth-order valence-electron chi connectivity index (χ4n) is 3.69. The summed E-state index contributed by atoms with van der Waals surface area (Å²) >= 11 is 0. The van der Waals surface area contributed by atoms with Crippen molar-refractivity contribution in [1.82, 2.24) is 4.98 Å². The molecule has 0 radical (unpaired) electrons. The van der Waals surface area contributed by atoms with Crippen LogP contribution >= 0.6 is 0 Å². The Bertz CT molecular complexity index is 521. The van der Waals surface area contributed by atoms with Crippen molar-refractivity contribution in [2.45, 2.75) is 44.4 Å². The van der Waals surface area contributed by atoms with Gasteiger partial charge in [-0.15, -0.1) is 0 Å². The molecule has 1 atom stereocenters. The Kier molecular flexibility index (Phi) is 3.88. The lowest BCUT2D eigenvalue weighted by atomic mass is 9.81. The molecule has 0 saturated heterocycles. The molecule has 3 rings (SSSR count). The van der Waals surface area contributed by atoms with Gasteiger partial charge in [-0.05, 0) is 36.9 Å². The molecule has 1 heterocycles. The zero-order valence-electron chi connectivity index (χ0n) is 11.6. The van der Waals surface area contributed by atoms with Crippen LogP contribution in [0.4, 0.5) is 0 Å². The fraction of sp³-hybridized carbons (Fsp3) is 0.529. The number of aromatic nitrogens is 1. The highest BCUT2D eigenvalue weighted by Gasteiger charge is 2.25. The minimum Gasteiger partial charge on any atom is -0.361 e. The average Bonchev–Trinajstić information content (AvgIpc) is 2.69. The third-order valence-electron chi connectivity index (χ3n) is 4.74. The predicted octanol–water partition coefficient (Wildman–Crippen LogP) is 4.18. The second kappa shape index (κ2) is 5.79. The molecule has 1 aromatic carbocycles. The molecule has 0 spiro atoms. The SMILES string of the molecule is NCC(c1c[nH]c2ccccc12)C1CCCCCC1. The molecule has 0 amide bonds. The molecule has 19 heavy (non-hydrogen) atoms. The highest BCUT2D eigenvalue weighted by atomic mass is 14.7. The van der Waals surface area contributed by atoms with Crippen molar-refractivity contribution in [2.24, 2.45) is 11.7 Å². The van der Waals surface area contributed by atoms with Gasteiger partial charge in [0.15, 0.2) is 0 Å². The zero-order valence-corrected chi connectivity index (χ0v) is 11.6. The number of hydrogen-bond donors (Lipinski definition) is 2. The molecule has 102 valence electrons. The monoisotopic (exact) mass is 256 g/mol. The summed E-state index contributed by atoms with van der Waals surface area (Å²) in [6, 6.07) is 8.59. The van der Waals surface area contributed by atoms with Crippen LogP contribution in [0.1, 0.15) is 50.0 Å². The van der Waals surface area contributed by atoms with E-state index in [-0.39, 0.29) is 0 Å². The number of fused-ring (bicyclic) bond motifs is 1. The lowest BCUT2D eigenvalue weighted by Crippen LogP contribution is -2.21. The van der Waals surface area contributed by atoms with Gasteiger partial charge in [0.05, 0.1) is 0 Å². The molecule has 2 heteroatoms. The van der Waals surface area contributed by atoms with Crippen molar-refractivity contribution in [2.75, 3.05) is 6.54 Å². The van der Waals surface area contributed by atoms with Crippen LogP contribution in [-0.2, 0) is 0 Å². The van der Waals surface area contributed by atoms with Crippen molar-refractivity contribution >= 4 is 10.9 Å². The second-order valence-electron chi connectivity index (χ2n) is 5.88. The molecule has 0 bridgehead atoms. The van der Waals surface area contributed by atoms with Crippen molar-refractivity contribution < 1.29 is 0 Å². The van der Waals surface area contributed by atoms with Crippen molar-refractivity contribution in [3.63, 3.8) is 0 Å². The number of hydrogen-bond acceptors (Lipinski definition) is 1. The molecule has 3 N–H and O–H groups in total. The summed E-state index contributed by atoms with van der Waals surface area (Å²) in [7, 11) is 0. The Morgan fingerprint density at radius 2 is 1.84 bits per heavy atom. The summed E-state index contributed by atoms with van der Waals surface area (Å²) in [6.07, 6.45) is 10.5. The van der Waals surface area contributed by atoms with E-state index >= 15 is 0 Å². The summed E-state index contributed by atoms with van der Waals surface area (Å²) in [4.78, 5) is 3.40. The smallest absolute Gasteiger partial charge is 0.0456 e.